The molecule has 1 amide bonds. The van der Waals surface area contributed by atoms with Crippen molar-refractivity contribution in [3.8, 4) is 12.3 Å². The molecular formula is C21H13ClN2OS. The number of nitrogens with zero attached hydrogens (tertiary/aromatic N) is 2. The first-order valence-corrected chi connectivity index (χ1v) is 9.15. The zero-order chi connectivity index (χ0) is 18.1. The number of terminal acetylenes is 1. The summed E-state index contributed by atoms with van der Waals surface area (Å²) in [7, 11) is 0. The molecule has 126 valence electrons. The Kier molecular flexibility index (Phi) is 4.34. The Morgan fingerprint density at radius 2 is 1.92 bits per heavy atom. The van der Waals surface area contributed by atoms with Gasteiger partial charge in [0.25, 0.3) is 5.91 Å². The minimum absolute atomic E-state index is 0.292. The molecule has 26 heavy (non-hydrogen) atoms. The fourth-order valence-corrected chi connectivity index (χ4v) is 4.15. The minimum atomic E-state index is -0.292. The van der Waals surface area contributed by atoms with Crippen molar-refractivity contribution in [3.63, 3.8) is 0 Å². The van der Waals surface area contributed by atoms with E-state index >= 15 is 0 Å². The van der Waals surface area contributed by atoms with Gasteiger partial charge in [-0.3, -0.25) is 4.79 Å². The topological polar surface area (TPSA) is 34.4 Å². The van der Waals surface area contributed by atoms with Crippen LogP contribution in [0.5, 0.6) is 0 Å². The van der Waals surface area contributed by atoms with Crippen LogP contribution in [0.3, 0.4) is 0 Å². The molecule has 0 aliphatic carbocycles. The van der Waals surface area contributed by atoms with Gasteiger partial charge in [-0.25, -0.2) is 0 Å². The van der Waals surface area contributed by atoms with Crippen LogP contribution >= 0.6 is 22.9 Å². The number of rotatable bonds is 2. The lowest BCUT2D eigenvalue weighted by Gasteiger charge is -2.01. The van der Waals surface area contributed by atoms with Gasteiger partial charge in [-0.2, -0.15) is 4.99 Å². The standard InChI is InChI=1S/C21H13ClN2OS/c1-2-11-24-18-10-9-17(22)13-19(18)26-21(24)23-20(25)16-8-7-14-5-3-4-6-15(14)12-16/h1,3-10,12-13H,11H2. The first-order chi connectivity index (χ1) is 12.7. The van der Waals surface area contributed by atoms with E-state index in [9.17, 15) is 4.79 Å². The van der Waals surface area contributed by atoms with Crippen molar-refractivity contribution in [1.82, 2.24) is 4.57 Å². The fraction of sp³-hybridized carbons (Fsp3) is 0.0476. The molecule has 0 atom stereocenters. The van der Waals surface area contributed by atoms with E-state index in [4.69, 9.17) is 18.0 Å². The summed E-state index contributed by atoms with van der Waals surface area (Å²) < 4.78 is 2.80. The molecule has 4 rings (SSSR count). The van der Waals surface area contributed by atoms with Gasteiger partial charge < -0.3 is 4.57 Å². The van der Waals surface area contributed by atoms with Crippen LogP contribution in [0.1, 0.15) is 10.4 Å². The van der Waals surface area contributed by atoms with E-state index < -0.39 is 0 Å². The second kappa shape index (κ2) is 6.80. The van der Waals surface area contributed by atoms with Gasteiger partial charge in [-0.05, 0) is 41.1 Å². The van der Waals surface area contributed by atoms with Gasteiger partial charge in [0.1, 0.15) is 0 Å². The number of carbonyl (C=O) groups is 1. The summed E-state index contributed by atoms with van der Waals surface area (Å²) >= 11 is 7.47. The molecule has 0 saturated heterocycles. The van der Waals surface area contributed by atoms with Crippen molar-refractivity contribution in [3.05, 3.63) is 76.1 Å². The number of aromatic nitrogens is 1. The molecule has 0 aliphatic rings. The first-order valence-electron chi connectivity index (χ1n) is 7.96. The molecular weight excluding hydrogens is 364 g/mol. The fourth-order valence-electron chi connectivity index (χ4n) is 2.85. The van der Waals surface area contributed by atoms with Gasteiger partial charge in [0.15, 0.2) is 4.80 Å². The highest BCUT2D eigenvalue weighted by Gasteiger charge is 2.10. The summed E-state index contributed by atoms with van der Waals surface area (Å²) in [5, 5.41) is 2.73. The third-order valence-corrected chi connectivity index (χ3v) is 5.36. The second-order valence-corrected chi connectivity index (χ2v) is 7.21. The molecule has 0 bridgehead atoms. The Hall–Kier alpha value is -2.87. The van der Waals surface area contributed by atoms with Crippen molar-refractivity contribution in [2.45, 2.75) is 6.54 Å². The Bertz CT molecular complexity index is 1260. The minimum Gasteiger partial charge on any atom is -0.305 e. The molecule has 0 unspecified atom stereocenters. The van der Waals surface area contributed by atoms with Crippen LogP contribution in [-0.2, 0) is 6.54 Å². The van der Waals surface area contributed by atoms with Crippen molar-refractivity contribution >= 4 is 49.8 Å². The highest BCUT2D eigenvalue weighted by molar-refractivity contribution is 7.16. The third kappa shape index (κ3) is 3.03. The highest BCUT2D eigenvalue weighted by Crippen LogP contribution is 2.22. The summed E-state index contributed by atoms with van der Waals surface area (Å²) in [5.41, 5.74) is 1.47. The molecule has 0 radical (unpaired) electrons. The van der Waals surface area contributed by atoms with Crippen molar-refractivity contribution in [2.24, 2.45) is 4.99 Å². The van der Waals surface area contributed by atoms with E-state index in [-0.39, 0.29) is 5.91 Å². The maximum atomic E-state index is 12.7. The third-order valence-electron chi connectivity index (χ3n) is 4.09. The Labute approximate surface area is 159 Å². The molecule has 0 spiro atoms. The number of hydrogen-bond acceptors (Lipinski definition) is 2. The predicted molar refractivity (Wildman–Crippen MR) is 107 cm³/mol. The molecule has 4 aromatic rings. The van der Waals surface area contributed by atoms with Gasteiger partial charge in [-0.15, -0.1) is 6.42 Å². The summed E-state index contributed by atoms with van der Waals surface area (Å²) in [4.78, 5) is 17.6. The van der Waals surface area contributed by atoms with Crippen LogP contribution in [-0.4, -0.2) is 10.5 Å². The van der Waals surface area contributed by atoms with E-state index in [1.165, 1.54) is 11.3 Å². The molecule has 1 aromatic heterocycles. The summed E-state index contributed by atoms with van der Waals surface area (Å²) in [6.45, 7) is 0.339. The Morgan fingerprint density at radius 1 is 1.12 bits per heavy atom. The number of benzene rings is 3. The second-order valence-electron chi connectivity index (χ2n) is 5.77. The van der Waals surface area contributed by atoms with Crippen molar-refractivity contribution in [1.29, 1.82) is 0 Å². The number of hydrogen-bond donors (Lipinski definition) is 0. The van der Waals surface area contributed by atoms with Gasteiger partial charge in [-0.1, -0.05) is 59.2 Å². The molecule has 0 fully saturated rings. The van der Waals surface area contributed by atoms with Crippen LogP contribution in [0.2, 0.25) is 5.02 Å². The zero-order valence-electron chi connectivity index (χ0n) is 13.6. The summed E-state index contributed by atoms with van der Waals surface area (Å²) in [5.74, 6) is 2.33. The molecule has 1 heterocycles. The molecule has 3 nitrogen and oxygen atoms in total. The monoisotopic (exact) mass is 376 g/mol. The van der Waals surface area contributed by atoms with Gasteiger partial charge in [0.2, 0.25) is 0 Å². The SMILES string of the molecule is C#CCn1c(=NC(=O)c2ccc3ccccc3c2)sc2cc(Cl)ccc21. The molecule has 5 heteroatoms. The molecule has 0 aliphatic heterocycles. The molecule has 3 aromatic carbocycles. The van der Waals surface area contributed by atoms with E-state index in [1.54, 1.807) is 12.1 Å². The lowest BCUT2D eigenvalue weighted by Crippen LogP contribution is -2.16. The number of halogens is 1. The number of thiazole rings is 1. The normalized spacial score (nSPS) is 11.8. The summed E-state index contributed by atoms with van der Waals surface area (Å²) in [6.07, 6.45) is 5.49. The maximum Gasteiger partial charge on any atom is 0.279 e. The van der Waals surface area contributed by atoms with Crippen molar-refractivity contribution < 1.29 is 4.79 Å². The van der Waals surface area contributed by atoms with Gasteiger partial charge in [0, 0.05) is 10.6 Å². The van der Waals surface area contributed by atoms with Crippen LogP contribution in [0, 0.1) is 12.3 Å². The van der Waals surface area contributed by atoms with Crippen LogP contribution in [0.4, 0.5) is 0 Å². The lowest BCUT2D eigenvalue weighted by molar-refractivity contribution is 0.0998. The van der Waals surface area contributed by atoms with Crippen LogP contribution in [0.15, 0.2) is 65.7 Å². The van der Waals surface area contributed by atoms with Crippen molar-refractivity contribution in [2.75, 3.05) is 0 Å². The lowest BCUT2D eigenvalue weighted by atomic mass is 10.1. The quantitative estimate of drug-likeness (QED) is 0.459. The molecule has 0 saturated carbocycles. The largest absolute Gasteiger partial charge is 0.305 e. The highest BCUT2D eigenvalue weighted by atomic mass is 35.5. The Balaban J connectivity index is 1.84. The number of carbonyl (C=O) groups excluding carboxylic acids is 1. The average Bonchev–Trinajstić information content (AvgIpc) is 2.98. The maximum absolute atomic E-state index is 12.7. The number of amides is 1. The molecule has 0 N–H and O–H groups in total. The smallest absolute Gasteiger partial charge is 0.279 e. The van der Waals surface area contributed by atoms with Gasteiger partial charge in [0.05, 0.1) is 16.8 Å². The average molecular weight is 377 g/mol. The van der Waals surface area contributed by atoms with Gasteiger partial charge >= 0.3 is 0 Å². The predicted octanol–water partition coefficient (Wildman–Crippen LogP) is 4.88. The van der Waals surface area contributed by atoms with Crippen LogP contribution in [0.25, 0.3) is 21.0 Å². The van der Waals surface area contributed by atoms with E-state index in [0.29, 0.717) is 21.9 Å². The first kappa shape index (κ1) is 16.6. The van der Waals surface area contributed by atoms with E-state index in [0.717, 1.165) is 21.0 Å². The Morgan fingerprint density at radius 3 is 2.73 bits per heavy atom. The van der Waals surface area contributed by atoms with E-state index in [2.05, 4.69) is 10.9 Å². The number of fused-ring (bicyclic) bond motifs is 2. The van der Waals surface area contributed by atoms with E-state index in [1.807, 2.05) is 53.1 Å². The zero-order valence-corrected chi connectivity index (χ0v) is 15.2. The summed E-state index contributed by atoms with van der Waals surface area (Å²) in [6, 6.07) is 19.0. The van der Waals surface area contributed by atoms with Crippen LogP contribution < -0.4 is 4.80 Å².